The molecule has 0 fully saturated rings. The van der Waals surface area contributed by atoms with Crippen LogP contribution >= 0.6 is 0 Å². The van der Waals surface area contributed by atoms with Crippen LogP contribution in [0.5, 0.6) is 34.5 Å². The van der Waals surface area contributed by atoms with Gasteiger partial charge in [-0.15, -0.1) is 0 Å². The molecule has 7 aromatic carbocycles. The van der Waals surface area contributed by atoms with Crippen molar-refractivity contribution >= 4 is 29.8 Å². The van der Waals surface area contributed by atoms with Crippen molar-refractivity contribution in [2.75, 3.05) is 42.7 Å². The lowest BCUT2D eigenvalue weighted by Gasteiger charge is -2.20. The van der Waals surface area contributed by atoms with Crippen molar-refractivity contribution in [1.82, 2.24) is 4.48 Å². The molecule has 0 atom stereocenters. The Balaban J connectivity index is 1.53. The van der Waals surface area contributed by atoms with Gasteiger partial charge in [-0.3, -0.25) is 8.63 Å². The van der Waals surface area contributed by atoms with Gasteiger partial charge in [0.05, 0.1) is 59.8 Å². The number of ether oxygens (including phenoxy) is 6. The molecule has 0 radical (unpaired) electrons. The van der Waals surface area contributed by atoms with Crippen molar-refractivity contribution in [2.24, 2.45) is 4.99 Å². The maximum Gasteiger partial charge on any atom is 0.678 e. The van der Waals surface area contributed by atoms with Crippen molar-refractivity contribution in [3.05, 3.63) is 210 Å². The number of aliphatic imine (C=N–C) groups is 1. The molecule has 68 heavy (non-hydrogen) atoms. The highest BCUT2D eigenvalue weighted by atomic mass is 19.2. The molecule has 0 saturated carbocycles. The van der Waals surface area contributed by atoms with E-state index in [0.29, 0.717) is 90.6 Å². The second-order valence-electron chi connectivity index (χ2n) is 15.8. The summed E-state index contributed by atoms with van der Waals surface area (Å²) in [7, 11) is 6.60. The Hall–Kier alpha value is -8.31. The standard InChI is InChI=1S/C57H47BF2N2O6/c1-63-43-24-12-37(13-25-43)49-50(38-14-26-44(64-2)27-15-38)55(61-54(49)41-20-32-47(67-5)33-21-41)53(36-10-8-7-9-11-36)57-52(40-18-30-46(66-4)31-19-40)51(39-16-28-45(65-3)29-17-39)56(62(57)58(59)60)42-22-34-48(68-6)35-23-42/h7-35H,1-6H3/b55-53-. The molecule has 0 spiro atoms. The lowest BCUT2D eigenvalue weighted by molar-refractivity contribution is 0.414. The summed E-state index contributed by atoms with van der Waals surface area (Å²) in [6.07, 6.45) is 0. The third kappa shape index (κ3) is 8.50. The van der Waals surface area contributed by atoms with Gasteiger partial charge in [0.2, 0.25) is 0 Å². The lowest BCUT2D eigenvalue weighted by atomic mass is 9.85. The molecule has 0 aliphatic carbocycles. The van der Waals surface area contributed by atoms with Gasteiger partial charge >= 0.3 is 7.40 Å². The Kier molecular flexibility index (Phi) is 13.0. The Morgan fingerprint density at radius 2 is 0.750 bits per heavy atom. The summed E-state index contributed by atoms with van der Waals surface area (Å²) >= 11 is 0. The number of allylic oxidation sites excluding steroid dienone is 2. The molecule has 8 aromatic rings. The molecule has 1 aliphatic rings. The molecule has 338 valence electrons. The first-order valence-corrected chi connectivity index (χ1v) is 21.9. The van der Waals surface area contributed by atoms with Crippen LogP contribution in [0.25, 0.3) is 50.2 Å². The first-order chi connectivity index (χ1) is 33.3. The zero-order valence-electron chi connectivity index (χ0n) is 38.4. The summed E-state index contributed by atoms with van der Waals surface area (Å²) in [5, 5.41) is 0. The van der Waals surface area contributed by atoms with Crippen LogP contribution < -0.4 is 28.4 Å². The lowest BCUT2D eigenvalue weighted by Crippen LogP contribution is -2.18. The summed E-state index contributed by atoms with van der Waals surface area (Å²) in [4.78, 5) is 5.67. The maximum absolute atomic E-state index is 17.1. The summed E-state index contributed by atoms with van der Waals surface area (Å²) in [6.45, 7) is 0. The minimum absolute atomic E-state index is 0.253. The van der Waals surface area contributed by atoms with E-state index < -0.39 is 7.40 Å². The predicted molar refractivity (Wildman–Crippen MR) is 269 cm³/mol. The number of rotatable bonds is 15. The molecular formula is C57H47BF2N2O6. The SMILES string of the molecule is COc1ccc(C2=N/C(=C(/c3ccccc3)c3c(-c4ccc(OC)cc4)c(-c4ccc(OC)cc4)c(-c4ccc(OC)cc4)n3B(F)F)C(c3ccc(OC)cc3)=C2c2ccc(OC)cc2)cc1. The van der Waals surface area contributed by atoms with Crippen LogP contribution in [0, 0.1) is 0 Å². The van der Waals surface area contributed by atoms with Gasteiger partial charge in [-0.25, -0.2) is 4.99 Å². The summed E-state index contributed by atoms with van der Waals surface area (Å²) < 4.78 is 69.0. The van der Waals surface area contributed by atoms with Gasteiger partial charge in [-0.1, -0.05) is 78.9 Å². The van der Waals surface area contributed by atoms with E-state index >= 15 is 8.63 Å². The smallest absolute Gasteiger partial charge is 0.497 e. The fourth-order valence-corrected chi connectivity index (χ4v) is 8.81. The van der Waals surface area contributed by atoms with Crippen LogP contribution in [0.3, 0.4) is 0 Å². The second-order valence-corrected chi connectivity index (χ2v) is 15.8. The highest BCUT2D eigenvalue weighted by molar-refractivity contribution is 6.44. The van der Waals surface area contributed by atoms with Crippen molar-refractivity contribution in [1.29, 1.82) is 0 Å². The number of hydrogen-bond donors (Lipinski definition) is 0. The highest BCUT2D eigenvalue weighted by Crippen LogP contribution is 2.53. The molecule has 2 heterocycles. The number of aromatic nitrogens is 1. The summed E-state index contributed by atoms with van der Waals surface area (Å²) in [5.41, 5.74) is 9.81. The van der Waals surface area contributed by atoms with Crippen LogP contribution in [-0.4, -0.2) is 60.3 Å². The van der Waals surface area contributed by atoms with Crippen molar-refractivity contribution in [2.45, 2.75) is 0 Å². The van der Waals surface area contributed by atoms with E-state index in [0.717, 1.165) is 32.3 Å². The Morgan fingerprint density at radius 1 is 0.397 bits per heavy atom. The molecule has 0 unspecified atom stereocenters. The normalized spacial score (nSPS) is 12.9. The van der Waals surface area contributed by atoms with Gasteiger partial charge < -0.3 is 32.9 Å². The fourth-order valence-electron chi connectivity index (χ4n) is 8.81. The second kappa shape index (κ2) is 19.7. The van der Waals surface area contributed by atoms with Crippen LogP contribution in [-0.2, 0) is 0 Å². The minimum Gasteiger partial charge on any atom is -0.497 e. The number of halogens is 2. The third-order valence-electron chi connectivity index (χ3n) is 12.1. The quantitative estimate of drug-likeness (QED) is 0.0955. The molecule has 0 amide bonds. The van der Waals surface area contributed by atoms with E-state index in [4.69, 9.17) is 33.4 Å². The zero-order valence-corrected chi connectivity index (χ0v) is 38.4. The van der Waals surface area contributed by atoms with Gasteiger partial charge in [0.1, 0.15) is 34.5 Å². The average molecular weight is 905 g/mol. The minimum atomic E-state index is -3.05. The van der Waals surface area contributed by atoms with Gasteiger partial charge in [0.15, 0.2) is 0 Å². The predicted octanol–water partition coefficient (Wildman–Crippen LogP) is 13.2. The first kappa shape index (κ1) is 44.9. The highest BCUT2D eigenvalue weighted by Gasteiger charge is 2.38. The Labute approximate surface area is 395 Å². The first-order valence-electron chi connectivity index (χ1n) is 21.9. The molecule has 8 nitrogen and oxygen atoms in total. The maximum atomic E-state index is 17.1. The van der Waals surface area contributed by atoms with Gasteiger partial charge in [0, 0.05) is 39.1 Å². The van der Waals surface area contributed by atoms with Crippen molar-refractivity contribution in [3.63, 3.8) is 0 Å². The zero-order chi connectivity index (χ0) is 47.3. The molecule has 0 N–H and O–H groups in total. The van der Waals surface area contributed by atoms with E-state index in [1.165, 1.54) is 0 Å². The monoisotopic (exact) mass is 904 g/mol. The van der Waals surface area contributed by atoms with E-state index in [1.807, 2.05) is 164 Å². The number of methoxy groups -OCH3 is 6. The van der Waals surface area contributed by atoms with Crippen molar-refractivity contribution in [3.8, 4) is 68.0 Å². The van der Waals surface area contributed by atoms with Gasteiger partial charge in [0.25, 0.3) is 0 Å². The van der Waals surface area contributed by atoms with Crippen LogP contribution in [0.4, 0.5) is 8.63 Å². The molecule has 1 aromatic heterocycles. The fraction of sp³-hybridized carbons (Fsp3) is 0.105. The molecule has 1 aliphatic heterocycles. The van der Waals surface area contributed by atoms with Crippen molar-refractivity contribution < 1.29 is 37.1 Å². The summed E-state index contributed by atoms with van der Waals surface area (Å²) in [6, 6.07) is 55.1. The van der Waals surface area contributed by atoms with Gasteiger partial charge in [-0.2, -0.15) is 0 Å². The number of hydrogen-bond acceptors (Lipinski definition) is 7. The van der Waals surface area contributed by atoms with E-state index in [-0.39, 0.29) is 5.69 Å². The summed E-state index contributed by atoms with van der Waals surface area (Å²) in [5.74, 6) is 3.84. The molecule has 0 bridgehead atoms. The molecule has 9 rings (SSSR count). The molecule has 0 saturated heterocycles. The van der Waals surface area contributed by atoms with E-state index in [9.17, 15) is 0 Å². The third-order valence-corrected chi connectivity index (χ3v) is 12.1. The Morgan fingerprint density at radius 3 is 1.15 bits per heavy atom. The van der Waals surface area contributed by atoms with Gasteiger partial charge in [-0.05, 0) is 130 Å². The largest absolute Gasteiger partial charge is 0.678 e. The number of benzene rings is 7. The average Bonchev–Trinajstić information content (AvgIpc) is 3.97. The molecular weight excluding hydrogens is 857 g/mol. The van der Waals surface area contributed by atoms with E-state index in [1.54, 1.807) is 54.8 Å². The van der Waals surface area contributed by atoms with Crippen LogP contribution in [0.2, 0.25) is 0 Å². The topological polar surface area (TPSA) is 72.7 Å². The van der Waals surface area contributed by atoms with Crippen LogP contribution in [0.1, 0.15) is 27.9 Å². The van der Waals surface area contributed by atoms with Crippen LogP contribution in [0.15, 0.2) is 187 Å². The van der Waals surface area contributed by atoms with E-state index in [2.05, 4.69) is 0 Å². The number of nitrogens with zero attached hydrogens (tertiary/aromatic N) is 2. The molecule has 11 heteroatoms. The Bertz CT molecular complexity index is 3150.